The zero-order chi connectivity index (χ0) is 13.1. The molecule has 1 aliphatic rings. The van der Waals surface area contributed by atoms with E-state index in [1.807, 2.05) is 0 Å². The second-order valence-corrected chi connectivity index (χ2v) is 4.08. The fourth-order valence-corrected chi connectivity index (χ4v) is 1.74. The molecule has 0 aliphatic carbocycles. The molecule has 1 heterocycles. The molecule has 0 N–H and O–H groups in total. The molecule has 2 rings (SSSR count). The third-order valence-corrected chi connectivity index (χ3v) is 2.63. The first-order valence-electron chi connectivity index (χ1n) is 5.63. The van der Waals surface area contributed by atoms with Crippen molar-refractivity contribution in [1.29, 1.82) is 0 Å². The van der Waals surface area contributed by atoms with Crippen LogP contribution in [-0.2, 0) is 9.53 Å². The smallest absolute Gasteiger partial charge is 0.309 e. The average molecular weight is 250 g/mol. The molecule has 0 saturated carbocycles. The molecule has 0 radical (unpaired) electrons. The lowest BCUT2D eigenvalue weighted by molar-refractivity contribution is -0.142. The molecule has 0 bridgehead atoms. The van der Waals surface area contributed by atoms with E-state index < -0.39 is 0 Å². The molecule has 1 aromatic carbocycles. The number of fused-ring (bicyclic) bond motifs is 1. The van der Waals surface area contributed by atoms with Gasteiger partial charge in [-0.2, -0.15) is 0 Å². The van der Waals surface area contributed by atoms with Gasteiger partial charge < -0.3 is 14.2 Å². The normalized spacial score (nSPS) is 14.7. The topological polar surface area (TPSA) is 61.8 Å². The van der Waals surface area contributed by atoms with Gasteiger partial charge in [-0.3, -0.25) is 9.59 Å². The number of carbonyl (C=O) groups excluding carboxylic acids is 2. The zero-order valence-corrected chi connectivity index (χ0v) is 10.3. The Kier molecular flexibility index (Phi) is 3.50. The average Bonchev–Trinajstić information content (AvgIpc) is 2.70. The first kappa shape index (κ1) is 12.4. The van der Waals surface area contributed by atoms with Crippen molar-refractivity contribution in [2.24, 2.45) is 0 Å². The van der Waals surface area contributed by atoms with Crippen LogP contribution in [0.25, 0.3) is 0 Å². The standard InChI is InChI=1S/C13H14O5/c1-8(5-13(15)16-2)18-9-3-4-10-11(14)7-17-12(10)6-9/h3-4,6,8H,5,7H2,1-2H3. The third-order valence-electron chi connectivity index (χ3n) is 2.63. The van der Waals surface area contributed by atoms with E-state index in [9.17, 15) is 9.59 Å². The molecular weight excluding hydrogens is 236 g/mol. The van der Waals surface area contributed by atoms with Gasteiger partial charge in [-0.15, -0.1) is 0 Å². The minimum absolute atomic E-state index is 0.0286. The first-order valence-corrected chi connectivity index (χ1v) is 5.63. The maximum Gasteiger partial charge on any atom is 0.309 e. The lowest BCUT2D eigenvalue weighted by Gasteiger charge is -2.13. The summed E-state index contributed by atoms with van der Waals surface area (Å²) in [7, 11) is 1.34. The Labute approximate surface area is 105 Å². The summed E-state index contributed by atoms with van der Waals surface area (Å²) in [5, 5.41) is 0. The number of esters is 1. The molecular formula is C13H14O5. The highest BCUT2D eigenvalue weighted by molar-refractivity contribution is 6.02. The Morgan fingerprint density at radius 2 is 2.28 bits per heavy atom. The van der Waals surface area contributed by atoms with Gasteiger partial charge in [0.1, 0.15) is 17.6 Å². The number of rotatable bonds is 4. The molecule has 1 unspecified atom stereocenters. The highest BCUT2D eigenvalue weighted by Gasteiger charge is 2.21. The van der Waals surface area contributed by atoms with E-state index in [0.29, 0.717) is 17.1 Å². The quantitative estimate of drug-likeness (QED) is 0.759. The Balaban J connectivity index is 2.02. The minimum atomic E-state index is -0.324. The van der Waals surface area contributed by atoms with E-state index >= 15 is 0 Å². The van der Waals surface area contributed by atoms with Crippen LogP contribution >= 0.6 is 0 Å². The van der Waals surface area contributed by atoms with Crippen LogP contribution in [0.2, 0.25) is 0 Å². The van der Waals surface area contributed by atoms with Gasteiger partial charge in [0.2, 0.25) is 5.78 Å². The van der Waals surface area contributed by atoms with Gasteiger partial charge in [-0.05, 0) is 19.1 Å². The van der Waals surface area contributed by atoms with E-state index in [-0.39, 0.29) is 30.9 Å². The van der Waals surface area contributed by atoms with Crippen LogP contribution < -0.4 is 9.47 Å². The molecule has 0 aromatic heterocycles. The van der Waals surface area contributed by atoms with Crippen molar-refractivity contribution in [2.45, 2.75) is 19.4 Å². The number of hydrogen-bond acceptors (Lipinski definition) is 5. The fraction of sp³-hybridized carbons (Fsp3) is 0.385. The SMILES string of the molecule is COC(=O)CC(C)Oc1ccc2c(c1)OCC2=O. The summed E-state index contributed by atoms with van der Waals surface area (Å²) in [6.45, 7) is 1.85. The highest BCUT2D eigenvalue weighted by Crippen LogP contribution is 2.30. The maximum atomic E-state index is 11.4. The predicted molar refractivity (Wildman–Crippen MR) is 63.0 cm³/mol. The van der Waals surface area contributed by atoms with E-state index in [1.54, 1.807) is 25.1 Å². The Bertz CT molecular complexity index is 480. The van der Waals surface area contributed by atoms with Crippen molar-refractivity contribution in [3.63, 3.8) is 0 Å². The lowest BCUT2D eigenvalue weighted by Crippen LogP contribution is -2.17. The fourth-order valence-electron chi connectivity index (χ4n) is 1.74. The van der Waals surface area contributed by atoms with Gasteiger partial charge in [-0.1, -0.05) is 0 Å². The van der Waals surface area contributed by atoms with Crippen molar-refractivity contribution in [3.8, 4) is 11.5 Å². The van der Waals surface area contributed by atoms with E-state index in [0.717, 1.165) is 0 Å². The number of benzene rings is 1. The van der Waals surface area contributed by atoms with Crippen LogP contribution in [0.4, 0.5) is 0 Å². The summed E-state index contributed by atoms with van der Waals surface area (Å²) in [6, 6.07) is 5.03. The van der Waals surface area contributed by atoms with Gasteiger partial charge in [0.25, 0.3) is 0 Å². The number of methoxy groups -OCH3 is 1. The molecule has 0 saturated heterocycles. The highest BCUT2D eigenvalue weighted by atomic mass is 16.5. The summed E-state index contributed by atoms with van der Waals surface area (Å²) in [6.07, 6.45) is -0.125. The monoisotopic (exact) mass is 250 g/mol. The van der Waals surface area contributed by atoms with Crippen molar-refractivity contribution < 1.29 is 23.8 Å². The molecule has 5 nitrogen and oxygen atoms in total. The number of Topliss-reactive ketones (excluding diaryl/α,β-unsaturated/α-hetero) is 1. The van der Waals surface area contributed by atoms with E-state index in [2.05, 4.69) is 4.74 Å². The van der Waals surface area contributed by atoms with Crippen LogP contribution in [0.1, 0.15) is 23.7 Å². The summed E-state index contributed by atoms with van der Waals surface area (Å²) in [5.74, 6) is 0.747. The lowest BCUT2D eigenvalue weighted by atomic mass is 10.1. The Hall–Kier alpha value is -2.04. The van der Waals surface area contributed by atoms with Gasteiger partial charge in [-0.25, -0.2) is 0 Å². The summed E-state index contributed by atoms with van der Waals surface area (Å²) in [5.41, 5.74) is 0.572. The van der Waals surface area contributed by atoms with Gasteiger partial charge in [0.05, 0.1) is 19.1 Å². The van der Waals surface area contributed by atoms with Crippen molar-refractivity contribution in [2.75, 3.05) is 13.7 Å². The minimum Gasteiger partial charge on any atom is -0.490 e. The van der Waals surface area contributed by atoms with E-state index in [4.69, 9.17) is 9.47 Å². The van der Waals surface area contributed by atoms with Gasteiger partial charge in [0, 0.05) is 6.07 Å². The van der Waals surface area contributed by atoms with Crippen LogP contribution in [0, 0.1) is 0 Å². The van der Waals surface area contributed by atoms with Crippen LogP contribution in [0.5, 0.6) is 11.5 Å². The molecule has 5 heteroatoms. The second kappa shape index (κ2) is 5.08. The molecule has 0 amide bonds. The van der Waals surface area contributed by atoms with E-state index in [1.165, 1.54) is 7.11 Å². The number of ether oxygens (including phenoxy) is 3. The summed E-state index contributed by atoms with van der Waals surface area (Å²) < 4.78 is 15.3. The van der Waals surface area contributed by atoms with Crippen molar-refractivity contribution in [3.05, 3.63) is 23.8 Å². The van der Waals surface area contributed by atoms with Crippen LogP contribution in [-0.4, -0.2) is 31.6 Å². The van der Waals surface area contributed by atoms with Gasteiger partial charge in [0.15, 0.2) is 6.61 Å². The molecule has 1 aliphatic heterocycles. The number of carbonyl (C=O) groups is 2. The summed E-state index contributed by atoms with van der Waals surface area (Å²) in [4.78, 5) is 22.4. The third kappa shape index (κ3) is 2.61. The van der Waals surface area contributed by atoms with Crippen LogP contribution in [0.15, 0.2) is 18.2 Å². The first-order chi connectivity index (χ1) is 8.60. The second-order valence-electron chi connectivity index (χ2n) is 4.08. The largest absolute Gasteiger partial charge is 0.490 e. The maximum absolute atomic E-state index is 11.4. The predicted octanol–water partition coefficient (Wildman–Crippen LogP) is 1.59. The zero-order valence-electron chi connectivity index (χ0n) is 10.3. The molecule has 1 atom stereocenters. The molecule has 96 valence electrons. The van der Waals surface area contributed by atoms with Crippen molar-refractivity contribution >= 4 is 11.8 Å². The van der Waals surface area contributed by atoms with Crippen molar-refractivity contribution in [1.82, 2.24) is 0 Å². The molecule has 0 spiro atoms. The number of hydrogen-bond donors (Lipinski definition) is 0. The summed E-state index contributed by atoms with van der Waals surface area (Å²) >= 11 is 0. The number of ketones is 1. The molecule has 0 fully saturated rings. The molecule has 18 heavy (non-hydrogen) atoms. The Morgan fingerprint density at radius 1 is 1.50 bits per heavy atom. The Morgan fingerprint density at radius 3 is 3.00 bits per heavy atom. The van der Waals surface area contributed by atoms with Gasteiger partial charge >= 0.3 is 5.97 Å². The van der Waals surface area contributed by atoms with Crippen LogP contribution in [0.3, 0.4) is 0 Å². The molecule has 1 aromatic rings.